The molecule has 0 bridgehead atoms. The van der Waals surface area contributed by atoms with Gasteiger partial charge in [-0.1, -0.05) is 60.7 Å². The van der Waals surface area contributed by atoms with Crippen molar-refractivity contribution >= 4 is 18.9 Å². The van der Waals surface area contributed by atoms with Crippen LogP contribution in [-0.4, -0.2) is 6.40 Å². The predicted molar refractivity (Wildman–Crippen MR) is 77.2 cm³/mol. The molecule has 2 aromatic carbocycles. The van der Waals surface area contributed by atoms with Gasteiger partial charge in [0, 0.05) is 0 Å². The second kappa shape index (κ2) is 7.26. The predicted octanol–water partition coefficient (Wildman–Crippen LogP) is 3.33. The molecule has 2 nitrogen and oxygen atoms in total. The summed E-state index contributed by atoms with van der Waals surface area (Å²) in [6.45, 7) is 1.01. The second-order valence-corrected chi connectivity index (χ2v) is 4.32. The Morgan fingerprint density at radius 3 is 1.50 bits per heavy atom. The first kappa shape index (κ1) is 13.2. The summed E-state index contributed by atoms with van der Waals surface area (Å²) >= 11 is 4.25. The normalized spacial score (nSPS) is 10.3. The Kier molecular flexibility index (Phi) is 5.33. The van der Waals surface area contributed by atoms with Gasteiger partial charge in [0.2, 0.25) is 0 Å². The molecule has 0 aromatic heterocycles. The van der Waals surface area contributed by atoms with Crippen molar-refractivity contribution in [2.75, 3.05) is 0 Å². The van der Waals surface area contributed by atoms with Crippen molar-refractivity contribution in [1.82, 2.24) is 0 Å². The van der Waals surface area contributed by atoms with E-state index in [2.05, 4.69) is 12.5 Å². The lowest BCUT2D eigenvalue weighted by atomic mass is 10.2. The molecule has 0 saturated carbocycles. The molecule has 18 heavy (non-hydrogen) atoms. The minimum Gasteiger partial charge on any atom is -0.398 e. The summed E-state index contributed by atoms with van der Waals surface area (Å²) in [5, 5.41) is 0. The van der Waals surface area contributed by atoms with Gasteiger partial charge in [0.05, 0.1) is 13.2 Å². The molecule has 0 aliphatic heterocycles. The van der Waals surface area contributed by atoms with Crippen LogP contribution < -0.4 is 0 Å². The SMILES string of the molecule is SB(OCc1ccccc1)OCc1ccccc1. The van der Waals surface area contributed by atoms with E-state index < -0.39 is 6.40 Å². The summed E-state index contributed by atoms with van der Waals surface area (Å²) in [6.07, 6.45) is -0.509. The Hall–Kier alpha value is -1.23. The van der Waals surface area contributed by atoms with Gasteiger partial charge in [-0.15, -0.1) is 0 Å². The maximum atomic E-state index is 5.49. The third-order valence-electron chi connectivity index (χ3n) is 2.47. The summed E-state index contributed by atoms with van der Waals surface area (Å²) in [5.74, 6) is 0. The molecule has 0 N–H and O–H groups in total. The molecular formula is C14H15BO2S. The first-order valence-electron chi connectivity index (χ1n) is 5.84. The quantitative estimate of drug-likeness (QED) is 0.632. The third kappa shape index (κ3) is 4.57. The standard InChI is InChI=1S/C14H15BO2S/c18-15(16-11-13-7-3-1-4-8-13)17-12-14-9-5-2-6-10-14/h1-10,18H,11-12H2. The Balaban J connectivity index is 1.71. The van der Waals surface area contributed by atoms with Crippen LogP contribution in [0, 0.1) is 0 Å². The highest BCUT2D eigenvalue weighted by molar-refractivity contribution is 8.08. The van der Waals surface area contributed by atoms with E-state index in [9.17, 15) is 0 Å². The maximum Gasteiger partial charge on any atom is 0.528 e. The molecule has 0 amide bonds. The van der Waals surface area contributed by atoms with Gasteiger partial charge < -0.3 is 9.31 Å². The Labute approximate surface area is 113 Å². The minimum atomic E-state index is -0.509. The Morgan fingerprint density at radius 2 is 1.11 bits per heavy atom. The highest BCUT2D eigenvalue weighted by atomic mass is 32.1. The molecule has 0 atom stereocenters. The van der Waals surface area contributed by atoms with Gasteiger partial charge in [0.15, 0.2) is 0 Å². The van der Waals surface area contributed by atoms with E-state index in [0.717, 1.165) is 11.1 Å². The van der Waals surface area contributed by atoms with Crippen molar-refractivity contribution in [3.8, 4) is 0 Å². The smallest absolute Gasteiger partial charge is 0.398 e. The second-order valence-electron chi connectivity index (χ2n) is 3.90. The highest BCUT2D eigenvalue weighted by Crippen LogP contribution is 2.07. The molecule has 92 valence electrons. The van der Waals surface area contributed by atoms with Crippen molar-refractivity contribution < 1.29 is 9.31 Å². The van der Waals surface area contributed by atoms with Crippen LogP contribution in [0.3, 0.4) is 0 Å². The maximum absolute atomic E-state index is 5.49. The van der Waals surface area contributed by atoms with Crippen molar-refractivity contribution in [1.29, 1.82) is 0 Å². The average molecular weight is 258 g/mol. The lowest BCUT2D eigenvalue weighted by Crippen LogP contribution is -2.15. The molecule has 0 fully saturated rings. The Morgan fingerprint density at radius 1 is 0.722 bits per heavy atom. The van der Waals surface area contributed by atoms with Gasteiger partial charge in [-0.3, -0.25) is 0 Å². The molecular weight excluding hydrogens is 243 g/mol. The van der Waals surface area contributed by atoms with Crippen LogP contribution in [0.4, 0.5) is 0 Å². The van der Waals surface area contributed by atoms with Gasteiger partial charge >= 0.3 is 6.40 Å². The lowest BCUT2D eigenvalue weighted by molar-refractivity contribution is 0.200. The van der Waals surface area contributed by atoms with Crippen LogP contribution in [0.2, 0.25) is 0 Å². The zero-order valence-electron chi connectivity index (χ0n) is 10.0. The lowest BCUT2D eigenvalue weighted by Gasteiger charge is -2.10. The van der Waals surface area contributed by atoms with Gasteiger partial charge in [-0.25, -0.2) is 0 Å². The van der Waals surface area contributed by atoms with Crippen LogP contribution in [0.25, 0.3) is 0 Å². The molecule has 2 aromatic rings. The largest absolute Gasteiger partial charge is 0.528 e. The van der Waals surface area contributed by atoms with Crippen LogP contribution in [0.1, 0.15) is 11.1 Å². The summed E-state index contributed by atoms with van der Waals surface area (Å²) in [6, 6.07) is 19.9. The van der Waals surface area contributed by atoms with E-state index in [0.29, 0.717) is 13.2 Å². The Bertz CT molecular complexity index is 406. The summed E-state index contributed by atoms with van der Waals surface area (Å²) in [5.41, 5.74) is 2.22. The minimum absolute atomic E-state index is 0.504. The topological polar surface area (TPSA) is 18.5 Å². The molecule has 0 radical (unpaired) electrons. The molecule has 0 aliphatic rings. The first-order valence-corrected chi connectivity index (χ1v) is 6.35. The molecule has 4 heteroatoms. The van der Waals surface area contributed by atoms with Crippen LogP contribution >= 0.6 is 12.5 Å². The molecule has 0 spiro atoms. The zero-order chi connectivity index (χ0) is 12.6. The van der Waals surface area contributed by atoms with E-state index in [1.165, 1.54) is 0 Å². The van der Waals surface area contributed by atoms with Crippen molar-refractivity contribution in [2.24, 2.45) is 0 Å². The summed E-state index contributed by atoms with van der Waals surface area (Å²) < 4.78 is 11.0. The molecule has 0 unspecified atom stereocenters. The van der Waals surface area contributed by atoms with Crippen LogP contribution in [0.5, 0.6) is 0 Å². The van der Waals surface area contributed by atoms with Crippen molar-refractivity contribution in [3.05, 3.63) is 71.8 Å². The van der Waals surface area contributed by atoms with Crippen LogP contribution in [-0.2, 0) is 22.5 Å². The number of hydrogen-bond acceptors (Lipinski definition) is 3. The van der Waals surface area contributed by atoms with Gasteiger partial charge in [-0.2, -0.15) is 12.5 Å². The van der Waals surface area contributed by atoms with Crippen molar-refractivity contribution in [2.45, 2.75) is 13.2 Å². The fraction of sp³-hybridized carbons (Fsp3) is 0.143. The van der Waals surface area contributed by atoms with Crippen molar-refractivity contribution in [3.63, 3.8) is 0 Å². The number of thiol groups is 1. The monoisotopic (exact) mass is 258 g/mol. The third-order valence-corrected chi connectivity index (χ3v) is 2.77. The molecule has 0 heterocycles. The van der Waals surface area contributed by atoms with Gasteiger partial charge in [0.25, 0.3) is 0 Å². The van der Waals surface area contributed by atoms with E-state index >= 15 is 0 Å². The number of hydrogen-bond donors (Lipinski definition) is 1. The van der Waals surface area contributed by atoms with E-state index in [1.54, 1.807) is 0 Å². The number of benzene rings is 2. The fourth-order valence-corrected chi connectivity index (χ4v) is 1.68. The fourth-order valence-electron chi connectivity index (χ4n) is 1.53. The van der Waals surface area contributed by atoms with Gasteiger partial charge in [0.1, 0.15) is 0 Å². The molecule has 2 rings (SSSR count). The molecule has 0 aliphatic carbocycles. The average Bonchev–Trinajstić information content (AvgIpc) is 2.45. The zero-order valence-corrected chi connectivity index (χ0v) is 10.9. The van der Waals surface area contributed by atoms with E-state index in [4.69, 9.17) is 9.31 Å². The van der Waals surface area contributed by atoms with Gasteiger partial charge in [-0.05, 0) is 11.1 Å². The van der Waals surface area contributed by atoms with Crippen LogP contribution in [0.15, 0.2) is 60.7 Å². The highest BCUT2D eigenvalue weighted by Gasteiger charge is 2.12. The molecule has 0 saturated heterocycles. The number of rotatable bonds is 6. The summed E-state index contributed by atoms with van der Waals surface area (Å²) in [4.78, 5) is 0. The van der Waals surface area contributed by atoms with E-state index in [-0.39, 0.29) is 0 Å². The summed E-state index contributed by atoms with van der Waals surface area (Å²) in [7, 11) is 0. The first-order chi connectivity index (χ1) is 8.84. The van der Waals surface area contributed by atoms with E-state index in [1.807, 2.05) is 60.7 Å².